The Hall–Kier alpha value is -1.65. The van der Waals surface area contributed by atoms with Crippen LogP contribution in [0.25, 0.3) is 10.9 Å². The number of halogens is 3. The largest absolute Gasteiger partial charge is 0.573 e. The first-order valence-corrected chi connectivity index (χ1v) is 3.79. The molecule has 1 aromatic carbocycles. The van der Waals surface area contributed by atoms with Crippen molar-refractivity contribution >= 4 is 10.9 Å². The Kier molecular flexibility index (Phi) is 1.87. The third-order valence-corrected chi connectivity index (χ3v) is 1.69. The molecule has 1 heterocycles. The van der Waals surface area contributed by atoms with Gasteiger partial charge in [-0.1, -0.05) is 0 Å². The summed E-state index contributed by atoms with van der Waals surface area (Å²) >= 11 is 0. The van der Waals surface area contributed by atoms with Gasteiger partial charge in [0.15, 0.2) is 0 Å². The maximum Gasteiger partial charge on any atom is 0.573 e. The first-order valence-electron chi connectivity index (χ1n) is 3.79. The fourth-order valence-electron chi connectivity index (χ4n) is 1.16. The van der Waals surface area contributed by atoms with Crippen LogP contribution in [0, 0.1) is 6.20 Å². The smallest absolute Gasteiger partial charge is 0.406 e. The van der Waals surface area contributed by atoms with E-state index in [2.05, 4.69) is 15.9 Å². The molecule has 2 nitrogen and oxygen atoms in total. The number of nitrogens with one attached hydrogen (secondary N) is 1. The van der Waals surface area contributed by atoms with E-state index in [0.29, 0.717) is 5.39 Å². The van der Waals surface area contributed by atoms with Crippen LogP contribution in [0.1, 0.15) is 0 Å². The molecule has 0 amide bonds. The Morgan fingerprint density at radius 3 is 2.79 bits per heavy atom. The number of benzene rings is 1. The van der Waals surface area contributed by atoms with Gasteiger partial charge in [-0.15, -0.1) is 13.2 Å². The predicted molar refractivity (Wildman–Crippen MR) is 43.8 cm³/mol. The van der Waals surface area contributed by atoms with Crippen molar-refractivity contribution in [2.75, 3.05) is 0 Å². The van der Waals surface area contributed by atoms with E-state index in [0.717, 1.165) is 5.52 Å². The normalized spacial score (nSPS) is 11.9. The van der Waals surface area contributed by atoms with E-state index in [4.69, 9.17) is 0 Å². The first kappa shape index (κ1) is 8.93. The summed E-state index contributed by atoms with van der Waals surface area (Å²) < 4.78 is 39.2. The third kappa shape index (κ3) is 1.81. The van der Waals surface area contributed by atoms with E-state index < -0.39 is 6.36 Å². The number of aromatic amines is 1. The summed E-state index contributed by atoms with van der Waals surface area (Å²) in [5.41, 5.74) is 0.722. The molecule has 2 rings (SSSR count). The molecule has 2 aromatic rings. The Labute approximate surface area is 77.3 Å². The van der Waals surface area contributed by atoms with Gasteiger partial charge in [-0.25, -0.2) is 0 Å². The van der Waals surface area contributed by atoms with Crippen LogP contribution < -0.4 is 4.74 Å². The summed E-state index contributed by atoms with van der Waals surface area (Å²) in [6.45, 7) is 0. The van der Waals surface area contributed by atoms with Gasteiger partial charge in [0.25, 0.3) is 0 Å². The van der Waals surface area contributed by atoms with E-state index in [-0.39, 0.29) is 5.75 Å². The quantitative estimate of drug-likeness (QED) is 0.752. The molecule has 1 N–H and O–H groups in total. The van der Waals surface area contributed by atoms with E-state index >= 15 is 0 Å². The topological polar surface area (TPSA) is 25.0 Å². The fraction of sp³-hybridized carbons (Fsp3) is 0.111. The summed E-state index contributed by atoms with van der Waals surface area (Å²) in [6, 6.07) is 5.61. The lowest BCUT2D eigenvalue weighted by molar-refractivity contribution is -0.274. The number of alkyl halides is 3. The number of fused-ring (bicyclic) bond motifs is 1. The zero-order chi connectivity index (χ0) is 10.2. The predicted octanol–water partition coefficient (Wildman–Crippen LogP) is 2.87. The Balaban J connectivity index is 2.35. The van der Waals surface area contributed by atoms with Crippen LogP contribution in [0.2, 0.25) is 0 Å². The van der Waals surface area contributed by atoms with Gasteiger partial charge < -0.3 is 9.72 Å². The number of rotatable bonds is 1. The lowest BCUT2D eigenvalue weighted by Crippen LogP contribution is -2.16. The number of ether oxygens (including phenoxy) is 1. The van der Waals surface area contributed by atoms with Crippen molar-refractivity contribution in [3.05, 3.63) is 30.5 Å². The zero-order valence-electron chi connectivity index (χ0n) is 6.85. The monoisotopic (exact) mass is 200 g/mol. The minimum Gasteiger partial charge on any atom is -0.406 e. The summed E-state index contributed by atoms with van der Waals surface area (Å²) in [5, 5.41) is 0.631. The number of aromatic nitrogens is 1. The molecule has 0 aliphatic rings. The molecular weight excluding hydrogens is 195 g/mol. The van der Waals surface area contributed by atoms with E-state index in [9.17, 15) is 13.2 Å². The Bertz CT molecular complexity index is 446. The SMILES string of the molecule is FC(F)(F)Oc1ccc2[nH][c]cc2c1. The van der Waals surface area contributed by atoms with Gasteiger partial charge in [0, 0.05) is 10.9 Å². The third-order valence-electron chi connectivity index (χ3n) is 1.69. The molecule has 0 spiro atoms. The lowest BCUT2D eigenvalue weighted by atomic mass is 10.2. The molecule has 0 aliphatic carbocycles. The summed E-state index contributed by atoms with van der Waals surface area (Å²) in [4.78, 5) is 2.75. The van der Waals surface area contributed by atoms with Crippen molar-refractivity contribution in [1.82, 2.24) is 4.98 Å². The molecule has 1 radical (unpaired) electrons. The molecule has 1 aromatic heterocycles. The van der Waals surface area contributed by atoms with Crippen LogP contribution in [0.4, 0.5) is 13.2 Å². The minimum atomic E-state index is -4.65. The van der Waals surface area contributed by atoms with Crippen molar-refractivity contribution in [2.24, 2.45) is 0 Å². The number of hydrogen-bond acceptors (Lipinski definition) is 1. The molecule has 5 heteroatoms. The second kappa shape index (κ2) is 2.94. The average Bonchev–Trinajstić information content (AvgIpc) is 2.47. The molecule has 0 unspecified atom stereocenters. The summed E-state index contributed by atoms with van der Waals surface area (Å²) in [5.74, 6) is -0.224. The van der Waals surface area contributed by atoms with Crippen molar-refractivity contribution in [2.45, 2.75) is 6.36 Å². The lowest BCUT2D eigenvalue weighted by Gasteiger charge is -2.08. The second-order valence-corrected chi connectivity index (χ2v) is 2.71. The highest BCUT2D eigenvalue weighted by molar-refractivity contribution is 5.80. The highest BCUT2D eigenvalue weighted by Crippen LogP contribution is 2.25. The molecule has 14 heavy (non-hydrogen) atoms. The van der Waals surface area contributed by atoms with Crippen molar-refractivity contribution in [1.29, 1.82) is 0 Å². The van der Waals surface area contributed by atoms with Gasteiger partial charge in [0.05, 0.1) is 6.20 Å². The van der Waals surface area contributed by atoms with Gasteiger partial charge >= 0.3 is 6.36 Å². The van der Waals surface area contributed by atoms with Crippen molar-refractivity contribution in [3.63, 3.8) is 0 Å². The second-order valence-electron chi connectivity index (χ2n) is 2.71. The average molecular weight is 200 g/mol. The summed E-state index contributed by atoms with van der Waals surface area (Å²) in [6.07, 6.45) is -1.98. The van der Waals surface area contributed by atoms with E-state index in [1.807, 2.05) is 0 Å². The van der Waals surface area contributed by atoms with Gasteiger partial charge in [-0.05, 0) is 24.3 Å². The molecule has 0 bridgehead atoms. The Morgan fingerprint density at radius 2 is 2.07 bits per heavy atom. The van der Waals surface area contributed by atoms with E-state index in [1.165, 1.54) is 18.2 Å². The van der Waals surface area contributed by atoms with Gasteiger partial charge in [-0.3, -0.25) is 0 Å². The van der Waals surface area contributed by atoms with Gasteiger partial charge in [0.1, 0.15) is 5.75 Å². The van der Waals surface area contributed by atoms with Gasteiger partial charge in [0.2, 0.25) is 0 Å². The highest BCUT2D eigenvalue weighted by Gasteiger charge is 2.31. The first-order chi connectivity index (χ1) is 6.54. The summed E-state index contributed by atoms with van der Waals surface area (Å²) in [7, 11) is 0. The van der Waals surface area contributed by atoms with E-state index in [1.54, 1.807) is 6.07 Å². The molecular formula is C9H5F3NO. The molecule has 0 fully saturated rings. The van der Waals surface area contributed by atoms with Crippen LogP contribution in [-0.4, -0.2) is 11.3 Å². The van der Waals surface area contributed by atoms with Gasteiger partial charge in [-0.2, -0.15) is 0 Å². The highest BCUT2D eigenvalue weighted by atomic mass is 19.4. The minimum absolute atomic E-state index is 0.224. The fourth-order valence-corrected chi connectivity index (χ4v) is 1.16. The van der Waals surface area contributed by atoms with Crippen molar-refractivity contribution < 1.29 is 17.9 Å². The number of hydrogen-bond donors (Lipinski definition) is 1. The zero-order valence-corrected chi connectivity index (χ0v) is 6.85. The van der Waals surface area contributed by atoms with Crippen LogP contribution in [0.15, 0.2) is 24.3 Å². The molecule has 73 valence electrons. The molecule has 0 saturated carbocycles. The molecule has 0 atom stereocenters. The Morgan fingerprint density at radius 1 is 1.29 bits per heavy atom. The van der Waals surface area contributed by atoms with Crippen LogP contribution in [-0.2, 0) is 0 Å². The number of H-pyrrole nitrogens is 1. The standard InChI is InChI=1S/C9H5F3NO/c10-9(11,12)14-7-1-2-8-6(5-7)3-4-13-8/h1-3,5,13H. The maximum absolute atomic E-state index is 11.8. The van der Waals surface area contributed by atoms with Crippen LogP contribution in [0.3, 0.4) is 0 Å². The molecule has 0 aliphatic heterocycles. The molecule has 0 saturated heterocycles. The van der Waals surface area contributed by atoms with Crippen LogP contribution in [0.5, 0.6) is 5.75 Å². The van der Waals surface area contributed by atoms with Crippen LogP contribution >= 0.6 is 0 Å². The van der Waals surface area contributed by atoms with Crippen molar-refractivity contribution in [3.8, 4) is 5.75 Å². The maximum atomic E-state index is 11.8.